The maximum atomic E-state index is 14.8. The van der Waals surface area contributed by atoms with E-state index in [9.17, 15) is 29.7 Å². The highest BCUT2D eigenvalue weighted by molar-refractivity contribution is 6.19. The normalized spacial score (nSPS) is 28.9. The molecule has 5 N–H and O–H groups in total. The second-order valence-corrected chi connectivity index (χ2v) is 21.0. The number of aliphatic hydroxyl groups excluding tert-OH is 2. The third kappa shape index (κ3) is 11.4. The number of phenolic OH excluding ortho intramolecular Hbond substituents is 2. The molecular formula is C54H78N6O10. The molecule has 7 aliphatic rings. The van der Waals surface area contributed by atoms with Crippen molar-refractivity contribution in [1.82, 2.24) is 14.7 Å². The van der Waals surface area contributed by atoms with Crippen LogP contribution in [0.3, 0.4) is 0 Å². The van der Waals surface area contributed by atoms with Crippen LogP contribution in [0.15, 0.2) is 46.1 Å². The minimum atomic E-state index is -1.86. The average molecular weight is 971 g/mol. The smallest absolute Gasteiger partial charge is 0.320 e. The Morgan fingerprint density at radius 3 is 2.27 bits per heavy atom. The number of amides is 1. The van der Waals surface area contributed by atoms with Crippen LogP contribution < -0.4 is 20.8 Å². The Balaban J connectivity index is 0.00000356. The van der Waals surface area contributed by atoms with E-state index in [-0.39, 0.29) is 74.2 Å². The highest BCUT2D eigenvalue weighted by Crippen LogP contribution is 2.50. The average Bonchev–Trinajstić information content (AvgIpc) is 3.85. The van der Waals surface area contributed by atoms with E-state index in [2.05, 4.69) is 33.9 Å². The molecule has 1 spiro atoms. The summed E-state index contributed by atoms with van der Waals surface area (Å²) in [4.78, 5) is 59.9. The Bertz CT molecular complexity index is 2470. The van der Waals surface area contributed by atoms with Gasteiger partial charge in [0.1, 0.15) is 28.6 Å². The molecule has 0 radical (unpaired) electrons. The molecule has 5 atom stereocenters. The molecule has 70 heavy (non-hydrogen) atoms. The van der Waals surface area contributed by atoms with E-state index in [4.69, 9.17) is 29.3 Å². The molecule has 16 nitrogen and oxygen atoms in total. The number of aromatic hydroxyl groups is 2. The lowest BCUT2D eigenvalue weighted by Gasteiger charge is -2.40. The summed E-state index contributed by atoms with van der Waals surface area (Å²) in [5.74, 6) is -3.68. The van der Waals surface area contributed by atoms with Crippen LogP contribution in [0.2, 0.25) is 0 Å². The number of rotatable bonds is 6. The number of carbonyl (C=O) groups excluding carboxylic acids is 3. The number of benzene rings is 2. The van der Waals surface area contributed by atoms with Crippen LogP contribution in [-0.2, 0) is 19.1 Å². The first-order valence-corrected chi connectivity index (χ1v) is 25.8. The standard InChI is InChI=1S/C53H74N6O9.CH4O/c1-32(2)30-58-27-21-53(22-28-58)55-44-41-42-47(62)36(6)49-43(41)50(64)52(7,68-49)66-29-12-9-16-39(67-40(61)31-57-25-19-37(20-26-57)59-23-10-8-11-24-59)35(5)38(60)18-17-33(3)14-13-15-34(4)51(65)54-46(48(42)63)45(44)56-53;1-2/h12-15,29,32-33,35,37-39,60,62-63H,8-11,16-28,30-31H2,1-7H3,(H,54,65);2H,1H3/b14-13+,29-12+,34-15-;/t33?,35-,38?,39?,52?;/m1./s1. The summed E-state index contributed by atoms with van der Waals surface area (Å²) < 4.78 is 18.7. The number of Topliss-reactive ketones (excluding diaryl/α,β-unsaturated/α-hetero) is 1. The first kappa shape index (κ1) is 52.9. The summed E-state index contributed by atoms with van der Waals surface area (Å²) in [6.45, 7) is 19.7. The maximum absolute atomic E-state index is 14.8. The highest BCUT2D eigenvalue weighted by Gasteiger charge is 2.50. The molecule has 9 rings (SSSR count). The Morgan fingerprint density at radius 1 is 0.900 bits per heavy atom. The highest BCUT2D eigenvalue weighted by atomic mass is 16.7. The van der Waals surface area contributed by atoms with Crippen molar-refractivity contribution in [2.24, 2.45) is 27.7 Å². The van der Waals surface area contributed by atoms with Crippen molar-refractivity contribution in [2.45, 2.75) is 149 Å². The minimum absolute atomic E-state index is 0.00482. The van der Waals surface area contributed by atoms with Crippen LogP contribution in [-0.4, -0.2) is 142 Å². The van der Waals surface area contributed by atoms with Crippen LogP contribution in [0.25, 0.3) is 10.8 Å². The Kier molecular flexibility index (Phi) is 17.2. The van der Waals surface area contributed by atoms with Gasteiger partial charge in [0.15, 0.2) is 11.4 Å². The van der Waals surface area contributed by atoms with Crippen LogP contribution in [0, 0.1) is 24.7 Å². The van der Waals surface area contributed by atoms with Crippen LogP contribution in [0.1, 0.15) is 128 Å². The van der Waals surface area contributed by atoms with Crippen LogP contribution >= 0.6 is 0 Å². The first-order chi connectivity index (χ1) is 33.5. The lowest BCUT2D eigenvalue weighted by atomic mass is 9.89. The monoisotopic (exact) mass is 971 g/mol. The van der Waals surface area contributed by atoms with E-state index < -0.39 is 41.1 Å². The van der Waals surface area contributed by atoms with E-state index in [0.717, 1.165) is 65.8 Å². The zero-order chi connectivity index (χ0) is 50.5. The van der Waals surface area contributed by atoms with Gasteiger partial charge in [0.05, 0.1) is 35.2 Å². The molecule has 7 heterocycles. The molecular weight excluding hydrogens is 893 g/mol. The lowest BCUT2D eigenvalue weighted by Crippen LogP contribution is -2.48. The fraction of sp³-hybridized carbons (Fsp3) is 0.648. The molecule has 2 aromatic rings. The van der Waals surface area contributed by atoms with Crippen molar-refractivity contribution in [3.63, 3.8) is 0 Å². The third-order valence-corrected chi connectivity index (χ3v) is 15.3. The van der Waals surface area contributed by atoms with E-state index in [1.54, 1.807) is 26.0 Å². The predicted molar refractivity (Wildman–Crippen MR) is 268 cm³/mol. The summed E-state index contributed by atoms with van der Waals surface area (Å²) in [7, 11) is 1.00. The number of nitrogens with one attached hydrogen (secondary N) is 1. The summed E-state index contributed by atoms with van der Waals surface area (Å²) in [5.41, 5.74) is -0.250. The van der Waals surface area contributed by atoms with E-state index in [1.807, 2.05) is 26.0 Å². The largest absolute Gasteiger partial charge is 0.507 e. The number of aliphatic hydroxyl groups is 2. The van der Waals surface area contributed by atoms with Gasteiger partial charge in [-0.05, 0) is 96.2 Å². The fourth-order valence-corrected chi connectivity index (χ4v) is 11.1. The minimum Gasteiger partial charge on any atom is -0.507 e. The molecule has 5 bridgehead atoms. The molecule has 0 aromatic heterocycles. The number of allylic oxidation sites excluding steroid dienone is 4. The number of fused-ring (bicyclic) bond motifs is 13. The predicted octanol–water partition coefficient (Wildman–Crippen LogP) is 6.20. The van der Waals surface area contributed by atoms with E-state index in [1.165, 1.54) is 32.4 Å². The topological polar surface area (TPSA) is 206 Å². The number of anilines is 1. The van der Waals surface area contributed by atoms with Gasteiger partial charge in [0.25, 0.3) is 11.7 Å². The molecule has 1 amide bonds. The number of ether oxygens (including phenoxy) is 3. The second kappa shape index (κ2) is 22.7. The van der Waals surface area contributed by atoms with Crippen molar-refractivity contribution in [1.29, 1.82) is 0 Å². The summed E-state index contributed by atoms with van der Waals surface area (Å²) in [5, 5.41) is 46.1. The molecule has 0 saturated carbocycles. The molecule has 3 fully saturated rings. The molecule has 384 valence electrons. The number of esters is 1. The SMILES string of the molecule is C/C1=C/C=C/C(C)CCC(O)[C@@H](C)C(OC(=O)CN2CCC(N3CCCCC3)CC2)CC/C=C/OC2(C)Oc3c(C)c(O)c4c(O)c(c5c(c4c3C2=O)=NC2(CCN(CC(C)C)CC2)N=5)NC1=O.CO. The quantitative estimate of drug-likeness (QED) is 0.162. The number of nitrogens with zero attached hydrogens (tertiary/aromatic N) is 5. The van der Waals surface area contributed by atoms with E-state index >= 15 is 0 Å². The number of piperidine rings is 3. The van der Waals surface area contributed by atoms with Crippen LogP contribution in [0.4, 0.5) is 5.69 Å². The molecule has 3 saturated heterocycles. The number of likely N-dealkylation sites (tertiary alicyclic amines) is 3. The van der Waals surface area contributed by atoms with Gasteiger partial charge in [0, 0.05) is 88.1 Å². The van der Waals surface area contributed by atoms with E-state index in [0.29, 0.717) is 56.1 Å². The fourth-order valence-electron chi connectivity index (χ4n) is 11.1. The molecule has 7 aliphatic heterocycles. The summed E-state index contributed by atoms with van der Waals surface area (Å²) in [6, 6.07) is 0.568. The Labute approximate surface area is 413 Å². The Hall–Kier alpha value is -4.87. The third-order valence-electron chi connectivity index (χ3n) is 15.3. The number of phenols is 2. The molecule has 16 heteroatoms. The molecule has 4 unspecified atom stereocenters. The van der Waals surface area contributed by atoms with Gasteiger partial charge in [-0.2, -0.15) is 0 Å². The number of carbonyl (C=O) groups is 3. The maximum Gasteiger partial charge on any atom is 0.320 e. The van der Waals surface area contributed by atoms with Gasteiger partial charge >= 0.3 is 11.8 Å². The van der Waals surface area contributed by atoms with Crippen LogP contribution in [0.5, 0.6) is 17.2 Å². The number of hydrogen-bond acceptors (Lipinski definition) is 15. The van der Waals surface area contributed by atoms with Crippen molar-refractivity contribution < 1.29 is 49.0 Å². The van der Waals surface area contributed by atoms with Gasteiger partial charge in [0.2, 0.25) is 0 Å². The van der Waals surface area contributed by atoms with Gasteiger partial charge in [-0.25, -0.2) is 0 Å². The van der Waals surface area contributed by atoms with Gasteiger partial charge < -0.3 is 49.8 Å². The zero-order valence-electron chi connectivity index (χ0n) is 42.8. The zero-order valence-corrected chi connectivity index (χ0v) is 42.8. The molecule has 2 aromatic carbocycles. The van der Waals surface area contributed by atoms with Crippen molar-refractivity contribution in [3.8, 4) is 17.2 Å². The number of ketones is 1. The summed E-state index contributed by atoms with van der Waals surface area (Å²) in [6.07, 6.45) is 16.3. The summed E-state index contributed by atoms with van der Waals surface area (Å²) >= 11 is 0. The van der Waals surface area contributed by atoms with Gasteiger partial charge in [-0.3, -0.25) is 29.3 Å². The second-order valence-electron chi connectivity index (χ2n) is 21.0. The lowest BCUT2D eigenvalue weighted by molar-refractivity contribution is -0.156. The van der Waals surface area contributed by atoms with Gasteiger partial charge in [-0.15, -0.1) is 0 Å². The number of hydrogen-bond donors (Lipinski definition) is 5. The van der Waals surface area contributed by atoms with Crippen molar-refractivity contribution >= 4 is 34.1 Å². The van der Waals surface area contributed by atoms with Crippen molar-refractivity contribution in [3.05, 3.63) is 58.0 Å². The first-order valence-electron chi connectivity index (χ1n) is 25.8. The van der Waals surface area contributed by atoms with Crippen molar-refractivity contribution in [2.75, 3.05) is 64.8 Å². The van der Waals surface area contributed by atoms with Gasteiger partial charge in [-0.1, -0.05) is 52.3 Å². The molecule has 0 aliphatic carbocycles. The Morgan fingerprint density at radius 2 is 1.59 bits per heavy atom.